The molecule has 0 bridgehead atoms. The van der Waals surface area contributed by atoms with Crippen LogP contribution >= 0.6 is 21.6 Å². The third-order valence-corrected chi connectivity index (χ3v) is 20.0. The molecule has 4 heterocycles. The first kappa shape index (κ1) is 85.8. The van der Waals surface area contributed by atoms with Crippen LogP contribution in [0.4, 0.5) is 0 Å². The van der Waals surface area contributed by atoms with Crippen molar-refractivity contribution >= 4 is 93.2 Å². The Morgan fingerprint density at radius 3 is 0.667 bits per heavy atom. The number of rotatable bonds is 31. The summed E-state index contributed by atoms with van der Waals surface area (Å²) < 4.78 is 123. The van der Waals surface area contributed by atoms with Gasteiger partial charge < -0.3 is 94.7 Å². The summed E-state index contributed by atoms with van der Waals surface area (Å²) in [6.07, 6.45) is -34.0. The van der Waals surface area contributed by atoms with Gasteiger partial charge in [-0.05, 0) is 72.8 Å². The maximum Gasteiger partial charge on any atom is 0.338 e. The molecule has 20 atom stereocenters. The van der Waals surface area contributed by atoms with Crippen molar-refractivity contribution in [2.75, 3.05) is 38.9 Å². The summed E-state index contributed by atoms with van der Waals surface area (Å²) in [4.78, 5) is 165. The van der Waals surface area contributed by atoms with Crippen LogP contribution in [0.5, 0.6) is 0 Å². The zero-order chi connectivity index (χ0) is 81.5. The first-order valence-corrected chi connectivity index (χ1v) is 38.1. The Bertz CT molecular complexity index is 3990. The summed E-state index contributed by atoms with van der Waals surface area (Å²) in [5.74, 6) is -12.2. The van der Waals surface area contributed by atoms with Gasteiger partial charge in [-0.15, -0.1) is 0 Å². The molecule has 0 N–H and O–H groups in total. The van der Waals surface area contributed by atoms with E-state index in [2.05, 4.69) is 0 Å². The first-order chi connectivity index (χ1) is 54.9. The summed E-state index contributed by atoms with van der Waals surface area (Å²) in [5, 5.41) is 0. The predicted molar refractivity (Wildman–Crippen MR) is 393 cm³/mol. The number of hydrogen-bond acceptors (Lipinski definition) is 34. The van der Waals surface area contributed by atoms with Gasteiger partial charge in [0.25, 0.3) is 0 Å². The lowest BCUT2D eigenvalue weighted by Gasteiger charge is -2.46. The molecule has 34 heteroatoms. The van der Waals surface area contributed by atoms with Gasteiger partial charge in [-0.25, -0.2) is 28.8 Å². The van der Waals surface area contributed by atoms with Gasteiger partial charge >= 0.3 is 71.6 Å². The Morgan fingerprint density at radius 2 is 0.430 bits per heavy atom. The molecule has 32 nitrogen and oxygen atoms in total. The molecule has 4 saturated heterocycles. The van der Waals surface area contributed by atoms with Crippen LogP contribution in [0.25, 0.3) is 0 Å². The van der Waals surface area contributed by atoms with Crippen molar-refractivity contribution in [1.29, 1.82) is 0 Å². The van der Waals surface area contributed by atoms with Crippen LogP contribution in [0.3, 0.4) is 0 Å². The van der Waals surface area contributed by atoms with E-state index in [0.29, 0.717) is 0 Å². The minimum atomic E-state index is -1.93. The Labute approximate surface area is 661 Å². The summed E-state index contributed by atoms with van der Waals surface area (Å²) in [5.41, 5.74) is -0.0971. The summed E-state index contributed by atoms with van der Waals surface area (Å²) in [7, 11) is 4.31. The molecule has 606 valence electrons. The van der Waals surface area contributed by atoms with E-state index in [-0.39, 0.29) is 44.9 Å². The van der Waals surface area contributed by atoms with Crippen LogP contribution < -0.4 is 0 Å². The number of ether oxygens (including phenoxy) is 20. The lowest BCUT2D eigenvalue weighted by Crippen LogP contribution is -2.65. The van der Waals surface area contributed by atoms with Gasteiger partial charge in [0.2, 0.25) is 0 Å². The van der Waals surface area contributed by atoms with Crippen molar-refractivity contribution in [2.24, 2.45) is 0 Å². The highest BCUT2D eigenvalue weighted by atomic mass is 33.1. The van der Waals surface area contributed by atoms with Crippen LogP contribution in [-0.2, 0) is 124 Å². The van der Waals surface area contributed by atoms with Gasteiger partial charge in [-0.1, -0.05) is 131 Å². The fourth-order valence-electron chi connectivity index (χ4n) is 12.7. The average Bonchev–Trinajstić information content (AvgIpc) is 0.784. The molecule has 10 rings (SSSR count). The van der Waals surface area contributed by atoms with Gasteiger partial charge in [0, 0.05) is 67.3 Å². The Kier molecular flexibility index (Phi) is 31.1. The topological polar surface area (TPSA) is 389 Å². The lowest BCUT2D eigenvalue weighted by atomic mass is 9.97. The number of carbonyl (C=O) groups excluding carboxylic acids is 12. The molecule has 0 amide bonds. The number of hydrogen-bond donors (Lipinski definition) is 0. The van der Waals surface area contributed by atoms with E-state index >= 15 is 0 Å². The van der Waals surface area contributed by atoms with Crippen molar-refractivity contribution in [2.45, 2.75) is 164 Å². The standard InChI is InChI=1S/C80H82O32S2/c1-43(81)97-59-55(103-77(93-7)67(101-47(5)85)63(59)99-45(3)83)39-95-79-69(111-75(91)53-35-23-13-24-36-53)65(109-73(89)51-31-19-11-20-32-51)61(107-71(87)49-27-15-9-16-28-49)57(105-79)41-113-114-42-58-62(108-72(88)50-29-17-10-18-30-50)66(110-74(90)52-33-21-12-22-34-52)70(112-76(92)54-37-25-14-26-38-54)80(106-58)96-40-56-60(98-44(2)82)64(100-46(4)84)68(102-48(6)86)78(94-8)104-56/h9-38,55-70,77-80H,39-42H2,1-8H3/t55-,56-,57-,58-,59+,60+,61-,62-,63+,64+,65+,66+,67-,68-,69-,70-,77+,78+,79-,80-/m1/s1. The Hall–Kier alpha value is -10.7. The minimum absolute atomic E-state index is 0.000817. The van der Waals surface area contributed by atoms with Crippen molar-refractivity contribution in [3.05, 3.63) is 215 Å². The normalized spacial score (nSPS) is 27.1. The molecule has 6 aromatic carbocycles. The summed E-state index contributed by atoms with van der Waals surface area (Å²) >= 11 is 0. The van der Waals surface area contributed by atoms with E-state index in [4.69, 9.17) is 94.7 Å². The molecule has 0 aliphatic carbocycles. The summed E-state index contributed by atoms with van der Waals surface area (Å²) in [6, 6.07) is 45.6. The quantitative estimate of drug-likeness (QED) is 0.0175. The first-order valence-electron chi connectivity index (χ1n) is 35.6. The van der Waals surface area contributed by atoms with Crippen LogP contribution in [-0.4, -0.2) is 233 Å². The van der Waals surface area contributed by atoms with E-state index in [1.165, 1.54) is 87.0 Å². The molecule has 0 radical (unpaired) electrons. The molecule has 4 aliphatic rings. The zero-order valence-electron chi connectivity index (χ0n) is 62.6. The molecule has 4 aliphatic heterocycles. The third kappa shape index (κ3) is 23.1. The molecular weight excluding hydrogens is 1540 g/mol. The molecule has 0 unspecified atom stereocenters. The molecular formula is C80H82O32S2. The second-order valence-electron chi connectivity index (χ2n) is 25.7. The van der Waals surface area contributed by atoms with Crippen LogP contribution in [0.2, 0.25) is 0 Å². The smallest absolute Gasteiger partial charge is 0.338 e. The predicted octanol–water partition coefficient (Wildman–Crippen LogP) is 7.54. The van der Waals surface area contributed by atoms with Gasteiger partial charge in [-0.2, -0.15) is 0 Å². The maximum absolute atomic E-state index is 14.8. The second-order valence-corrected chi connectivity index (χ2v) is 28.3. The minimum Gasteiger partial charge on any atom is -0.456 e. The van der Waals surface area contributed by atoms with Crippen molar-refractivity contribution in [3.63, 3.8) is 0 Å². The van der Waals surface area contributed by atoms with Crippen LogP contribution in [0.15, 0.2) is 182 Å². The average molecular weight is 1620 g/mol. The fourth-order valence-corrected chi connectivity index (χ4v) is 15.0. The van der Waals surface area contributed by atoms with Crippen molar-refractivity contribution < 1.29 is 152 Å². The SMILES string of the molecule is CO[C@H]1O[C@H](CO[C@@H]2O[C@H](CSSC[C@H]3O[C@@H](OC[C@H]4O[C@H](OC)[C@H](OC(C)=O)[C@@H](OC(C)=O)[C@H]4OC(C)=O)[C@H](OC(=O)c4ccccc4)[C@@H](OC(=O)c4ccccc4)[C@@H]3OC(=O)c3ccccc3)[C@@H](OC(=O)c3ccccc3)[C@H](OC(=O)c3ccccc3)[C@H]2OC(=O)c2ccccc2)[C@H](OC(C)=O)[C@H](OC(C)=O)[C@H]1OC(C)=O. The number of methoxy groups -OCH3 is 2. The monoisotopic (exact) mass is 1620 g/mol. The van der Waals surface area contributed by atoms with Gasteiger partial charge in [-0.3, -0.25) is 28.8 Å². The molecule has 6 aromatic rings. The van der Waals surface area contributed by atoms with E-state index < -0.39 is 208 Å². The zero-order valence-corrected chi connectivity index (χ0v) is 64.2. The van der Waals surface area contributed by atoms with Gasteiger partial charge in [0.05, 0.1) is 46.6 Å². The van der Waals surface area contributed by atoms with Crippen LogP contribution in [0.1, 0.15) is 104 Å². The fraction of sp³-hybridized carbons (Fsp3) is 0.400. The van der Waals surface area contributed by atoms with Gasteiger partial charge in [0.1, 0.15) is 24.4 Å². The number of benzene rings is 6. The van der Waals surface area contributed by atoms with Gasteiger partial charge in [0.15, 0.2) is 98.4 Å². The molecule has 114 heavy (non-hydrogen) atoms. The number of carbonyl (C=O) groups is 12. The van der Waals surface area contributed by atoms with E-state index in [0.717, 1.165) is 63.1 Å². The lowest BCUT2D eigenvalue weighted by molar-refractivity contribution is -0.326. The van der Waals surface area contributed by atoms with Crippen molar-refractivity contribution in [1.82, 2.24) is 0 Å². The van der Waals surface area contributed by atoms with Crippen molar-refractivity contribution in [3.8, 4) is 0 Å². The highest BCUT2D eigenvalue weighted by molar-refractivity contribution is 8.76. The molecule has 4 fully saturated rings. The van der Waals surface area contributed by atoms with E-state index in [9.17, 15) is 57.5 Å². The third-order valence-electron chi connectivity index (χ3n) is 17.6. The largest absolute Gasteiger partial charge is 0.456 e. The van der Waals surface area contributed by atoms with Crippen LogP contribution in [0, 0.1) is 0 Å². The highest BCUT2D eigenvalue weighted by Crippen LogP contribution is 2.41. The van der Waals surface area contributed by atoms with E-state index in [1.54, 1.807) is 109 Å². The molecule has 0 aromatic heterocycles. The molecule has 0 spiro atoms. The Morgan fingerprint density at radius 1 is 0.246 bits per heavy atom. The Balaban J connectivity index is 1.07. The summed E-state index contributed by atoms with van der Waals surface area (Å²) in [6.45, 7) is 4.81. The number of esters is 12. The molecule has 0 saturated carbocycles. The maximum atomic E-state index is 14.8. The highest BCUT2D eigenvalue weighted by Gasteiger charge is 2.59. The second kappa shape index (κ2) is 41.4. The van der Waals surface area contributed by atoms with E-state index in [1.807, 2.05) is 0 Å².